The molecule has 2 N–H and O–H groups in total. The Hall–Kier alpha value is -0.760. The van der Waals surface area contributed by atoms with Crippen LogP contribution in [0.3, 0.4) is 0 Å². The first kappa shape index (κ1) is 22.9. The first-order chi connectivity index (χ1) is 13.6. The Balaban J connectivity index is 1.79. The second-order valence-electron chi connectivity index (χ2n) is 9.63. The molecule has 29 heavy (non-hydrogen) atoms. The molecule has 0 aliphatic carbocycles. The van der Waals surface area contributed by atoms with E-state index in [1.165, 1.54) is 5.56 Å². The van der Waals surface area contributed by atoms with E-state index in [0.717, 1.165) is 32.1 Å². The Morgan fingerprint density at radius 1 is 1.14 bits per heavy atom. The Morgan fingerprint density at radius 2 is 1.72 bits per heavy atom. The van der Waals surface area contributed by atoms with E-state index in [2.05, 4.69) is 24.3 Å². The Morgan fingerprint density at radius 3 is 2.24 bits per heavy atom. The molecule has 2 heterocycles. The number of benzene rings is 1. The molecular formula is C22H36N2O3S2. The van der Waals surface area contributed by atoms with E-state index in [1.54, 1.807) is 4.31 Å². The molecule has 0 spiro atoms. The lowest BCUT2D eigenvalue weighted by Gasteiger charge is -2.41. The predicted molar refractivity (Wildman–Crippen MR) is 121 cm³/mol. The second-order valence-corrected chi connectivity index (χ2v) is 13.9. The van der Waals surface area contributed by atoms with Crippen molar-refractivity contribution in [3.8, 4) is 0 Å². The van der Waals surface area contributed by atoms with Gasteiger partial charge in [0.15, 0.2) is 0 Å². The van der Waals surface area contributed by atoms with Crippen molar-refractivity contribution in [1.82, 2.24) is 4.31 Å². The van der Waals surface area contributed by atoms with Crippen LogP contribution in [0, 0.1) is 11.8 Å². The van der Waals surface area contributed by atoms with Crippen LogP contribution in [0.2, 0.25) is 0 Å². The molecule has 0 amide bonds. The van der Waals surface area contributed by atoms with E-state index in [1.807, 2.05) is 26.8 Å². The third kappa shape index (κ3) is 5.49. The average Bonchev–Trinajstić information content (AvgIpc) is 2.93. The van der Waals surface area contributed by atoms with E-state index in [0.29, 0.717) is 17.6 Å². The van der Waals surface area contributed by atoms with Gasteiger partial charge in [-0.15, -0.1) is 0 Å². The summed E-state index contributed by atoms with van der Waals surface area (Å²) in [6.07, 6.45) is 4.53. The Bertz CT molecular complexity index is 791. The van der Waals surface area contributed by atoms with E-state index in [-0.39, 0.29) is 29.1 Å². The highest BCUT2D eigenvalue weighted by molar-refractivity contribution is 7.89. The Kier molecular flexibility index (Phi) is 7.24. The average molecular weight is 441 g/mol. The molecule has 0 radical (unpaired) electrons. The maximum atomic E-state index is 13.0. The smallest absolute Gasteiger partial charge is 0.215 e. The summed E-state index contributed by atoms with van der Waals surface area (Å²) in [5.74, 6) is 1.42. The van der Waals surface area contributed by atoms with Gasteiger partial charge in [0.1, 0.15) is 0 Å². The topological polar surface area (TPSA) is 80.5 Å². The fourth-order valence-corrected chi connectivity index (χ4v) is 8.07. The number of piperidine rings is 1. The van der Waals surface area contributed by atoms with Crippen LogP contribution in [0.25, 0.3) is 0 Å². The minimum atomic E-state index is -3.28. The minimum Gasteiger partial charge on any atom is -0.329 e. The van der Waals surface area contributed by atoms with Gasteiger partial charge in [0, 0.05) is 39.9 Å². The fourth-order valence-electron chi connectivity index (χ4n) is 4.99. The first-order valence-corrected chi connectivity index (χ1v) is 13.7. The summed E-state index contributed by atoms with van der Waals surface area (Å²) in [6.45, 7) is 6.28. The van der Waals surface area contributed by atoms with Crippen LogP contribution < -0.4 is 5.73 Å². The largest absolute Gasteiger partial charge is 0.329 e. The molecule has 0 saturated carbocycles. The number of fused-ring (bicyclic) bond motifs is 2. The molecule has 1 aromatic carbocycles. The summed E-state index contributed by atoms with van der Waals surface area (Å²) in [4.78, 5) is 0. The zero-order valence-electron chi connectivity index (χ0n) is 17.9. The van der Waals surface area contributed by atoms with Crippen LogP contribution in [0.5, 0.6) is 0 Å². The molecule has 5 atom stereocenters. The molecule has 1 aromatic rings. The van der Waals surface area contributed by atoms with Crippen LogP contribution in [-0.2, 0) is 27.2 Å². The van der Waals surface area contributed by atoms with Gasteiger partial charge in [0.25, 0.3) is 0 Å². The highest BCUT2D eigenvalue weighted by Gasteiger charge is 2.48. The normalized spacial score (nSPS) is 27.7. The van der Waals surface area contributed by atoms with Crippen LogP contribution >= 0.6 is 0 Å². The monoisotopic (exact) mass is 440 g/mol. The van der Waals surface area contributed by atoms with Crippen molar-refractivity contribution in [2.24, 2.45) is 17.6 Å². The van der Waals surface area contributed by atoms with Crippen LogP contribution in [0.15, 0.2) is 30.3 Å². The lowest BCUT2D eigenvalue weighted by molar-refractivity contribution is 0.153. The number of hydrogen-bond acceptors (Lipinski definition) is 4. The van der Waals surface area contributed by atoms with E-state index in [9.17, 15) is 12.6 Å². The summed E-state index contributed by atoms with van der Waals surface area (Å²) in [5.41, 5.74) is 6.82. The molecule has 0 aromatic heterocycles. The lowest BCUT2D eigenvalue weighted by atomic mass is 9.79. The summed E-state index contributed by atoms with van der Waals surface area (Å²) >= 11 is 0. The zero-order valence-corrected chi connectivity index (χ0v) is 19.6. The third-order valence-electron chi connectivity index (χ3n) is 6.46. The maximum absolute atomic E-state index is 13.0. The van der Waals surface area contributed by atoms with Gasteiger partial charge in [-0.05, 0) is 70.3 Å². The number of nitrogens with zero attached hydrogens (tertiary/aromatic N) is 1. The quantitative estimate of drug-likeness (QED) is 0.674. The molecule has 2 saturated heterocycles. The van der Waals surface area contributed by atoms with Crippen LogP contribution in [0.1, 0.15) is 52.0 Å². The summed E-state index contributed by atoms with van der Waals surface area (Å²) in [6, 6.07) is 10.6. The van der Waals surface area contributed by atoms with Crippen LogP contribution in [0.4, 0.5) is 0 Å². The number of nitrogens with two attached hydrogens (primary N) is 1. The highest BCUT2D eigenvalue weighted by Crippen LogP contribution is 2.44. The summed E-state index contributed by atoms with van der Waals surface area (Å²) in [7, 11) is -4.20. The molecule has 2 aliphatic rings. The maximum Gasteiger partial charge on any atom is 0.215 e. The summed E-state index contributed by atoms with van der Waals surface area (Å²) < 4.78 is 40.0. The van der Waals surface area contributed by atoms with Crippen molar-refractivity contribution < 1.29 is 12.6 Å². The van der Waals surface area contributed by atoms with Gasteiger partial charge in [-0.25, -0.2) is 8.42 Å². The Labute approximate surface area is 178 Å². The molecule has 1 unspecified atom stereocenters. The van der Waals surface area contributed by atoms with Gasteiger partial charge in [-0.1, -0.05) is 30.3 Å². The number of sulfonamides is 1. The van der Waals surface area contributed by atoms with Crippen molar-refractivity contribution in [2.45, 2.75) is 69.7 Å². The molecule has 2 aliphatic heterocycles. The second kappa shape index (κ2) is 9.16. The highest BCUT2D eigenvalue weighted by atomic mass is 32.2. The summed E-state index contributed by atoms with van der Waals surface area (Å²) in [5, 5.41) is 0. The van der Waals surface area contributed by atoms with Crippen molar-refractivity contribution in [2.75, 3.05) is 18.1 Å². The minimum absolute atomic E-state index is 0.0339. The van der Waals surface area contributed by atoms with Gasteiger partial charge >= 0.3 is 0 Å². The van der Waals surface area contributed by atoms with E-state index in [4.69, 9.17) is 5.73 Å². The van der Waals surface area contributed by atoms with Gasteiger partial charge in [0.05, 0.1) is 5.75 Å². The number of rotatable bonds is 8. The molecule has 5 nitrogen and oxygen atoms in total. The van der Waals surface area contributed by atoms with Crippen LogP contribution in [-0.4, -0.2) is 51.8 Å². The van der Waals surface area contributed by atoms with Gasteiger partial charge in [-0.3, -0.25) is 4.21 Å². The lowest BCUT2D eigenvalue weighted by Crippen LogP contribution is -2.49. The van der Waals surface area contributed by atoms with E-state index < -0.39 is 20.8 Å². The van der Waals surface area contributed by atoms with Crippen molar-refractivity contribution in [3.05, 3.63) is 35.9 Å². The van der Waals surface area contributed by atoms with Crippen molar-refractivity contribution >= 4 is 20.8 Å². The third-order valence-corrected chi connectivity index (χ3v) is 10.5. The number of hydrogen-bond donors (Lipinski definition) is 1. The van der Waals surface area contributed by atoms with E-state index >= 15 is 0 Å². The van der Waals surface area contributed by atoms with Crippen molar-refractivity contribution in [1.29, 1.82) is 0 Å². The zero-order chi connectivity index (χ0) is 21.2. The van der Waals surface area contributed by atoms with Gasteiger partial charge < -0.3 is 5.73 Å². The van der Waals surface area contributed by atoms with Gasteiger partial charge in [0.2, 0.25) is 10.0 Å². The fraction of sp³-hybridized carbons (Fsp3) is 0.727. The van der Waals surface area contributed by atoms with Gasteiger partial charge in [-0.2, -0.15) is 4.31 Å². The molecule has 7 heteroatoms. The molecule has 2 fully saturated rings. The molecule has 3 rings (SSSR count). The first-order valence-electron chi connectivity index (χ1n) is 10.8. The molecule has 2 bridgehead atoms. The molecule has 164 valence electrons. The van der Waals surface area contributed by atoms with Crippen molar-refractivity contribution in [3.63, 3.8) is 0 Å². The predicted octanol–water partition coefficient (Wildman–Crippen LogP) is 2.92. The molecular weight excluding hydrogens is 404 g/mol. The standard InChI is InChI=1S/C22H36N2O3S2/c1-22(2,3)28(25)16-19(13-17-7-5-4-6-8-17)18-14-20-9-10-21(15-18)24(20)29(26,27)12-11-23/h4-8,18-21H,9-16,23H2,1-3H3/t18?,19-,20-,21+,28-/m1/s1. The SMILES string of the molecule is CC(C)(C)[S@](=O)C[C@@H](Cc1ccccc1)C1C[C@H]2CC[C@@H](C1)N2S(=O)(=O)CCN.